The first kappa shape index (κ1) is 18.5. The van der Waals surface area contributed by atoms with Gasteiger partial charge in [-0.1, -0.05) is 37.3 Å². The van der Waals surface area contributed by atoms with Crippen LogP contribution in [-0.4, -0.2) is 25.5 Å². The normalized spacial score (nSPS) is 20.8. The average molecular weight is 378 g/mol. The molecule has 28 heavy (non-hydrogen) atoms. The van der Waals surface area contributed by atoms with Crippen LogP contribution in [0.25, 0.3) is 0 Å². The van der Waals surface area contributed by atoms with E-state index in [0.717, 1.165) is 34.7 Å². The Morgan fingerprint density at radius 1 is 1.21 bits per heavy atom. The molecule has 5 nitrogen and oxygen atoms in total. The zero-order chi connectivity index (χ0) is 19.7. The van der Waals surface area contributed by atoms with Gasteiger partial charge in [0.25, 0.3) is 0 Å². The molecule has 0 aliphatic carbocycles. The molecule has 2 aliphatic heterocycles. The van der Waals surface area contributed by atoms with E-state index >= 15 is 0 Å². The first-order chi connectivity index (χ1) is 13.6. The fourth-order valence-corrected chi connectivity index (χ4v) is 4.31. The molecule has 0 aromatic heterocycles. The summed E-state index contributed by atoms with van der Waals surface area (Å²) in [6, 6.07) is 13.8. The van der Waals surface area contributed by atoms with Crippen molar-refractivity contribution in [3.05, 3.63) is 53.6 Å². The SMILES string of the molecule is COc1cccc2c1N(C(=O)CC[C@@H]1Cc3ccccc3NC1=O)CC[C@H]2C. The van der Waals surface area contributed by atoms with Gasteiger partial charge in [-0.25, -0.2) is 0 Å². The lowest BCUT2D eigenvalue weighted by atomic mass is 9.88. The second kappa shape index (κ2) is 7.66. The summed E-state index contributed by atoms with van der Waals surface area (Å²) in [5, 5.41) is 2.97. The van der Waals surface area contributed by atoms with Gasteiger partial charge < -0.3 is 15.0 Å². The van der Waals surface area contributed by atoms with Gasteiger partial charge in [0.05, 0.1) is 12.8 Å². The Bertz CT molecular complexity index is 908. The van der Waals surface area contributed by atoms with E-state index in [1.807, 2.05) is 41.3 Å². The Balaban J connectivity index is 1.48. The molecule has 0 saturated heterocycles. The standard InChI is InChI=1S/C23H26N2O3/c1-15-12-13-25(22-18(15)7-5-9-20(22)28-2)21(26)11-10-17-14-16-6-3-4-8-19(16)24-23(17)27/h3-9,15,17H,10-14H2,1-2H3,(H,24,27)/t15-,17-/m1/s1. The number of carbonyl (C=O) groups is 2. The molecule has 0 bridgehead atoms. The summed E-state index contributed by atoms with van der Waals surface area (Å²) < 4.78 is 5.53. The summed E-state index contributed by atoms with van der Waals surface area (Å²) in [7, 11) is 1.64. The number of ether oxygens (including phenoxy) is 1. The number of methoxy groups -OCH3 is 1. The first-order valence-electron chi connectivity index (χ1n) is 9.94. The summed E-state index contributed by atoms with van der Waals surface area (Å²) in [6.07, 6.45) is 2.52. The van der Waals surface area contributed by atoms with E-state index in [0.29, 0.717) is 31.7 Å². The first-order valence-corrected chi connectivity index (χ1v) is 9.94. The highest BCUT2D eigenvalue weighted by atomic mass is 16.5. The summed E-state index contributed by atoms with van der Waals surface area (Å²) >= 11 is 0. The highest BCUT2D eigenvalue weighted by Crippen LogP contribution is 2.41. The van der Waals surface area contributed by atoms with Crippen molar-refractivity contribution in [2.24, 2.45) is 5.92 Å². The van der Waals surface area contributed by atoms with Crippen LogP contribution in [-0.2, 0) is 16.0 Å². The molecular weight excluding hydrogens is 352 g/mol. The number of anilines is 2. The van der Waals surface area contributed by atoms with E-state index in [2.05, 4.69) is 18.3 Å². The minimum atomic E-state index is -0.167. The Kier molecular flexibility index (Phi) is 5.07. The lowest BCUT2D eigenvalue weighted by Crippen LogP contribution is -2.37. The van der Waals surface area contributed by atoms with Crippen LogP contribution in [0.3, 0.4) is 0 Å². The molecule has 2 amide bonds. The van der Waals surface area contributed by atoms with Gasteiger partial charge in [-0.05, 0) is 48.4 Å². The molecule has 4 rings (SSSR count). The lowest BCUT2D eigenvalue weighted by Gasteiger charge is -2.34. The lowest BCUT2D eigenvalue weighted by molar-refractivity contribution is -0.121. The summed E-state index contributed by atoms with van der Waals surface area (Å²) in [6.45, 7) is 2.87. The van der Waals surface area contributed by atoms with Crippen molar-refractivity contribution in [2.75, 3.05) is 23.9 Å². The van der Waals surface area contributed by atoms with E-state index in [9.17, 15) is 9.59 Å². The molecule has 2 heterocycles. The van der Waals surface area contributed by atoms with Gasteiger partial charge in [-0.15, -0.1) is 0 Å². The van der Waals surface area contributed by atoms with Crippen molar-refractivity contribution < 1.29 is 14.3 Å². The third kappa shape index (κ3) is 3.37. The third-order valence-electron chi connectivity index (χ3n) is 5.96. The number of amides is 2. The molecule has 1 N–H and O–H groups in total. The highest BCUT2D eigenvalue weighted by Gasteiger charge is 2.31. The monoisotopic (exact) mass is 378 g/mol. The molecule has 0 saturated carbocycles. The number of para-hydroxylation sites is 2. The van der Waals surface area contributed by atoms with Crippen LogP contribution in [0, 0.1) is 5.92 Å². The molecule has 2 aliphatic rings. The Morgan fingerprint density at radius 3 is 2.86 bits per heavy atom. The number of carbonyl (C=O) groups excluding carboxylic acids is 2. The van der Waals surface area contributed by atoms with E-state index in [-0.39, 0.29) is 17.7 Å². The van der Waals surface area contributed by atoms with Crippen LogP contribution in [0.1, 0.15) is 43.2 Å². The molecule has 0 unspecified atom stereocenters. The predicted octanol–water partition coefficient (Wildman–Crippen LogP) is 4.13. The number of benzene rings is 2. The van der Waals surface area contributed by atoms with E-state index < -0.39 is 0 Å². The van der Waals surface area contributed by atoms with Crippen LogP contribution < -0.4 is 15.0 Å². The summed E-state index contributed by atoms with van der Waals surface area (Å²) in [5.41, 5.74) is 4.08. The Hall–Kier alpha value is -2.82. The Labute approximate surface area is 165 Å². The minimum absolute atomic E-state index is 0.0109. The molecule has 0 spiro atoms. The second-order valence-electron chi connectivity index (χ2n) is 7.72. The van der Waals surface area contributed by atoms with Crippen LogP contribution in [0.2, 0.25) is 0 Å². The fourth-order valence-electron chi connectivity index (χ4n) is 4.31. The number of hydrogen-bond donors (Lipinski definition) is 1. The number of fused-ring (bicyclic) bond motifs is 2. The number of hydrogen-bond acceptors (Lipinski definition) is 3. The van der Waals surface area contributed by atoms with E-state index in [4.69, 9.17) is 4.74 Å². The molecule has 5 heteroatoms. The van der Waals surface area contributed by atoms with Gasteiger partial charge in [-0.3, -0.25) is 9.59 Å². The van der Waals surface area contributed by atoms with Gasteiger partial charge >= 0.3 is 0 Å². The van der Waals surface area contributed by atoms with Crippen LogP contribution in [0.4, 0.5) is 11.4 Å². The van der Waals surface area contributed by atoms with E-state index in [1.165, 1.54) is 0 Å². The van der Waals surface area contributed by atoms with Gasteiger partial charge in [0.2, 0.25) is 11.8 Å². The average Bonchev–Trinajstić information content (AvgIpc) is 2.72. The van der Waals surface area contributed by atoms with Crippen molar-refractivity contribution in [3.8, 4) is 5.75 Å². The Morgan fingerprint density at radius 2 is 2.04 bits per heavy atom. The number of nitrogens with one attached hydrogen (secondary N) is 1. The third-order valence-corrected chi connectivity index (χ3v) is 5.96. The summed E-state index contributed by atoms with van der Waals surface area (Å²) in [4.78, 5) is 27.4. The second-order valence-corrected chi connectivity index (χ2v) is 7.72. The smallest absolute Gasteiger partial charge is 0.227 e. The largest absolute Gasteiger partial charge is 0.495 e. The molecule has 0 fully saturated rings. The zero-order valence-electron chi connectivity index (χ0n) is 16.4. The van der Waals surface area contributed by atoms with Crippen molar-refractivity contribution >= 4 is 23.2 Å². The molecule has 2 aromatic rings. The van der Waals surface area contributed by atoms with Crippen molar-refractivity contribution in [2.45, 2.75) is 38.5 Å². The van der Waals surface area contributed by atoms with Crippen molar-refractivity contribution in [3.63, 3.8) is 0 Å². The number of rotatable bonds is 4. The molecule has 2 atom stereocenters. The van der Waals surface area contributed by atoms with Crippen molar-refractivity contribution in [1.29, 1.82) is 0 Å². The maximum Gasteiger partial charge on any atom is 0.227 e. The van der Waals surface area contributed by atoms with Crippen LogP contribution in [0.5, 0.6) is 5.75 Å². The van der Waals surface area contributed by atoms with Crippen molar-refractivity contribution in [1.82, 2.24) is 0 Å². The quantitative estimate of drug-likeness (QED) is 0.870. The maximum atomic E-state index is 13.1. The highest BCUT2D eigenvalue weighted by molar-refractivity contribution is 5.98. The maximum absolute atomic E-state index is 13.1. The van der Waals surface area contributed by atoms with Gasteiger partial charge in [0.1, 0.15) is 5.75 Å². The number of nitrogens with zero attached hydrogens (tertiary/aromatic N) is 1. The molecule has 146 valence electrons. The van der Waals surface area contributed by atoms with Gasteiger partial charge in [0, 0.05) is 24.6 Å². The fraction of sp³-hybridized carbons (Fsp3) is 0.391. The molecule has 0 radical (unpaired) electrons. The summed E-state index contributed by atoms with van der Waals surface area (Å²) in [5.74, 6) is 1.04. The predicted molar refractivity (Wildman–Crippen MR) is 110 cm³/mol. The van der Waals surface area contributed by atoms with Crippen LogP contribution >= 0.6 is 0 Å². The topological polar surface area (TPSA) is 58.6 Å². The van der Waals surface area contributed by atoms with E-state index in [1.54, 1.807) is 7.11 Å². The minimum Gasteiger partial charge on any atom is -0.495 e. The zero-order valence-corrected chi connectivity index (χ0v) is 16.4. The molecule has 2 aromatic carbocycles. The van der Waals surface area contributed by atoms with Crippen LogP contribution in [0.15, 0.2) is 42.5 Å². The van der Waals surface area contributed by atoms with Gasteiger partial charge in [-0.2, -0.15) is 0 Å². The molecular formula is C23H26N2O3. The van der Waals surface area contributed by atoms with Gasteiger partial charge in [0.15, 0.2) is 0 Å².